The Hall–Kier alpha value is 0.540. The highest BCUT2D eigenvalue weighted by atomic mass is 35.5. The Morgan fingerprint density at radius 3 is 0.865 bits per heavy atom. The van der Waals surface area contributed by atoms with E-state index in [0.29, 0.717) is 0 Å². The highest BCUT2D eigenvalue weighted by Gasteiger charge is 2.46. The van der Waals surface area contributed by atoms with E-state index < -0.39 is 21.2 Å². The van der Waals surface area contributed by atoms with Crippen molar-refractivity contribution >= 4 is 39.7 Å². The molecule has 0 rings (SSSR count). The van der Waals surface area contributed by atoms with Crippen molar-refractivity contribution in [3.8, 4) is 0 Å². The second-order valence-corrected chi connectivity index (χ2v) is 11.4. The van der Waals surface area contributed by atoms with Crippen molar-refractivity contribution in [1.29, 1.82) is 0 Å². The fourth-order valence-corrected chi connectivity index (χ4v) is 4.37. The van der Waals surface area contributed by atoms with Gasteiger partial charge in [0.2, 0.25) is 0 Å². The molecule has 8 nitrogen and oxygen atoms in total. The molecule has 0 fully saturated rings. The highest BCUT2D eigenvalue weighted by molar-refractivity contribution is 7.33. The first kappa shape index (κ1) is 42.0. The van der Waals surface area contributed by atoms with Gasteiger partial charge in [0.1, 0.15) is 0 Å². The van der Waals surface area contributed by atoms with Crippen LogP contribution in [0.25, 0.3) is 0 Å². The van der Waals surface area contributed by atoms with Gasteiger partial charge in [-0.15, -0.1) is 9.79 Å². The van der Waals surface area contributed by atoms with Gasteiger partial charge in [0.25, 0.3) is 0 Å². The van der Waals surface area contributed by atoms with Gasteiger partial charge in [-0.2, -0.15) is 0 Å². The maximum atomic E-state index is 9.90. The van der Waals surface area contributed by atoms with Crippen molar-refractivity contribution < 1.29 is 28.0 Å². The first-order chi connectivity index (χ1) is 17.5. The molecule has 37 heavy (non-hydrogen) atoms. The summed E-state index contributed by atoms with van der Waals surface area (Å²) in [5, 5.41) is 0. The quantitative estimate of drug-likeness (QED) is 0.0710. The molecule has 0 aliphatic rings. The predicted molar refractivity (Wildman–Crippen MR) is 159 cm³/mol. The van der Waals surface area contributed by atoms with Crippen LogP contribution in [-0.2, 0) is 18.2 Å². The lowest BCUT2D eigenvalue weighted by molar-refractivity contribution is 0.0328. The summed E-state index contributed by atoms with van der Waals surface area (Å²) in [6, 6.07) is 0. The zero-order valence-electron chi connectivity index (χ0n) is 24.3. The van der Waals surface area contributed by atoms with E-state index in [0.717, 1.165) is 0 Å². The molecular formula is C25H56Cl2N2O6P2+2. The highest BCUT2D eigenvalue weighted by Crippen LogP contribution is 2.40. The molecule has 0 aliphatic heterocycles. The molecule has 0 bridgehead atoms. The molecule has 2 atom stereocenters. The van der Waals surface area contributed by atoms with Crippen LogP contribution in [-0.4, -0.2) is 63.6 Å². The van der Waals surface area contributed by atoms with Gasteiger partial charge in [-0.05, 0) is 110 Å². The van der Waals surface area contributed by atoms with Crippen molar-refractivity contribution in [2.24, 2.45) is 0 Å². The molecular weight excluding hydrogens is 557 g/mol. The molecule has 0 aromatic heterocycles. The number of rotatable bonds is 22. The summed E-state index contributed by atoms with van der Waals surface area (Å²) in [5.74, 6) is 0. The van der Waals surface area contributed by atoms with Crippen LogP contribution in [0, 0.1) is 0 Å². The largest absolute Gasteiger partial charge is 0.700 e. The Balaban J connectivity index is -0.000000471. The van der Waals surface area contributed by atoms with Crippen molar-refractivity contribution in [2.75, 3.05) is 39.3 Å². The lowest BCUT2D eigenvalue weighted by atomic mass is 10.2. The molecule has 0 heterocycles. The minimum atomic E-state index is -3.10. The van der Waals surface area contributed by atoms with Crippen LogP contribution in [0.4, 0.5) is 0 Å². The van der Waals surface area contributed by atoms with E-state index >= 15 is 0 Å². The predicted octanol–water partition coefficient (Wildman–Crippen LogP) is 8.79. The minimum absolute atomic E-state index is 1.32. The maximum absolute atomic E-state index is 9.90. The summed E-state index contributed by atoms with van der Waals surface area (Å²) in [6.45, 7) is 21.5. The van der Waals surface area contributed by atoms with Crippen LogP contribution in [0.1, 0.15) is 119 Å². The molecule has 0 radical (unpaired) electrons. The van der Waals surface area contributed by atoms with Gasteiger partial charge in [-0.25, -0.2) is 0 Å². The number of hydrogen-bond acceptors (Lipinski definition) is 6. The van der Waals surface area contributed by atoms with E-state index in [1.165, 1.54) is 116 Å². The first-order valence-corrected chi connectivity index (χ1v) is 17.1. The molecule has 2 unspecified atom stereocenters. The standard InChI is InChI=1S/2C12H27N.CCl2O6P2/c2*1-4-7-10-13(11-8-5-2)12-9-6-3;2-1(3,8-10(4)5)9-11(6)7/h2*4-12H2,1-3H3;/p+2. The van der Waals surface area contributed by atoms with Gasteiger partial charge in [0.15, 0.2) is 0 Å². The molecule has 0 spiro atoms. The van der Waals surface area contributed by atoms with Gasteiger partial charge in [0, 0.05) is 9.13 Å². The van der Waals surface area contributed by atoms with Gasteiger partial charge >= 0.3 is 21.2 Å². The van der Waals surface area contributed by atoms with Crippen molar-refractivity contribution in [3.63, 3.8) is 0 Å². The zero-order valence-corrected chi connectivity index (χ0v) is 27.6. The monoisotopic (exact) mass is 612 g/mol. The van der Waals surface area contributed by atoms with E-state index in [9.17, 15) is 9.13 Å². The number of hydrogen-bond donors (Lipinski definition) is 2. The van der Waals surface area contributed by atoms with Crippen molar-refractivity contribution in [1.82, 2.24) is 9.80 Å². The molecule has 0 saturated carbocycles. The molecule has 2 N–H and O–H groups in total. The van der Waals surface area contributed by atoms with Crippen LogP contribution in [0.5, 0.6) is 0 Å². The Bertz CT molecular complexity index is 444. The lowest BCUT2D eigenvalue weighted by Gasteiger charge is -2.21. The molecule has 0 amide bonds. The Morgan fingerprint density at radius 2 is 0.730 bits per heavy atom. The van der Waals surface area contributed by atoms with Gasteiger partial charge in [-0.3, -0.25) is 0 Å². The lowest BCUT2D eigenvalue weighted by Crippen LogP contribution is -2.27. The van der Waals surface area contributed by atoms with Crippen LogP contribution in [0.3, 0.4) is 0 Å². The van der Waals surface area contributed by atoms with Gasteiger partial charge in [-0.1, -0.05) is 80.1 Å². The van der Waals surface area contributed by atoms with Gasteiger partial charge in [0.05, 0.1) is 0 Å². The fourth-order valence-electron chi connectivity index (χ4n) is 3.16. The van der Waals surface area contributed by atoms with E-state index in [2.05, 4.69) is 60.4 Å². The first-order valence-electron chi connectivity index (χ1n) is 14.1. The van der Waals surface area contributed by atoms with Crippen LogP contribution >= 0.6 is 39.7 Å². The Labute approximate surface area is 239 Å². The van der Waals surface area contributed by atoms with E-state index in [4.69, 9.17) is 33.0 Å². The summed E-state index contributed by atoms with van der Waals surface area (Å²) in [4.78, 5) is 21.4. The number of unbranched alkanes of at least 4 members (excludes halogenated alkanes) is 6. The SMILES string of the molecule is CCCCN(CCCC)CCCC.CCCCN(CCCC)CCCC.O=[P+](O)OC(Cl)(Cl)O[P+](=O)O. The van der Waals surface area contributed by atoms with E-state index in [1.807, 2.05) is 0 Å². The molecule has 0 aromatic rings. The normalized spacial score (nSPS) is 12.1. The topological polar surface area (TPSA) is 99.5 Å². The van der Waals surface area contributed by atoms with Gasteiger partial charge < -0.3 is 9.80 Å². The average Bonchev–Trinajstić information content (AvgIpc) is 2.82. The maximum Gasteiger partial charge on any atom is 0.700 e. The number of halogens is 2. The van der Waals surface area contributed by atoms with Crippen LogP contribution < -0.4 is 0 Å². The zero-order chi connectivity index (χ0) is 29.0. The van der Waals surface area contributed by atoms with E-state index in [1.54, 1.807) is 0 Å². The molecule has 0 aliphatic carbocycles. The minimum Gasteiger partial charge on any atom is -0.303 e. The van der Waals surface area contributed by atoms with Crippen molar-refractivity contribution in [2.45, 2.75) is 123 Å². The molecule has 0 saturated heterocycles. The van der Waals surface area contributed by atoms with Crippen LogP contribution in [0.15, 0.2) is 0 Å². The fraction of sp³-hybridized carbons (Fsp3) is 1.00. The van der Waals surface area contributed by atoms with Crippen LogP contribution in [0.2, 0.25) is 0 Å². The second-order valence-electron chi connectivity index (χ2n) is 8.93. The summed E-state index contributed by atoms with van der Waals surface area (Å²) >= 11 is 9.92. The Kier molecular flexibility index (Phi) is 35.3. The third-order valence-corrected chi connectivity index (χ3v) is 6.90. The van der Waals surface area contributed by atoms with E-state index in [-0.39, 0.29) is 0 Å². The average molecular weight is 614 g/mol. The molecule has 0 aromatic carbocycles. The summed E-state index contributed by atoms with van der Waals surface area (Å²) in [5.41, 5.74) is 0. The number of alkyl halides is 2. The summed E-state index contributed by atoms with van der Waals surface area (Å²) in [6.07, 6.45) is 16.2. The Morgan fingerprint density at radius 1 is 0.541 bits per heavy atom. The molecule has 12 heteroatoms. The summed E-state index contributed by atoms with van der Waals surface area (Å²) in [7, 11) is -6.20. The second kappa shape index (κ2) is 31.1. The third-order valence-electron chi connectivity index (χ3n) is 5.34. The third kappa shape index (κ3) is 36.5. The summed E-state index contributed by atoms with van der Waals surface area (Å²) < 4.78 is 24.8. The smallest absolute Gasteiger partial charge is 0.303 e. The molecule has 224 valence electrons. The van der Waals surface area contributed by atoms with Crippen molar-refractivity contribution in [3.05, 3.63) is 0 Å². The number of nitrogens with zero attached hydrogens (tertiary/aromatic N) is 2.